The molecule has 0 amide bonds. The van der Waals surface area contributed by atoms with Gasteiger partial charge in [-0.2, -0.15) is 0 Å². The summed E-state index contributed by atoms with van der Waals surface area (Å²) in [5.41, 5.74) is 2.10. The normalized spacial score (nSPS) is 14.4. The van der Waals surface area contributed by atoms with Crippen molar-refractivity contribution in [2.75, 3.05) is 26.7 Å². The lowest BCUT2D eigenvalue weighted by Crippen LogP contribution is -2.41. The van der Waals surface area contributed by atoms with Crippen molar-refractivity contribution < 1.29 is 9.84 Å². The van der Waals surface area contributed by atoms with Crippen molar-refractivity contribution in [3.63, 3.8) is 0 Å². The fourth-order valence-electron chi connectivity index (χ4n) is 2.32. The average Bonchev–Trinajstić information content (AvgIpc) is 2.52. The molecule has 2 unspecified atom stereocenters. The van der Waals surface area contributed by atoms with Crippen LogP contribution in [-0.4, -0.2) is 43.9 Å². The number of guanidine groups is 1. The molecular weight excluding hydrogens is 429 g/mol. The van der Waals surface area contributed by atoms with Gasteiger partial charge in [-0.1, -0.05) is 50.6 Å². The summed E-state index contributed by atoms with van der Waals surface area (Å²) in [5.74, 6) is 0.690. The van der Waals surface area contributed by atoms with Gasteiger partial charge in [0.05, 0.1) is 18.8 Å². The topological polar surface area (TPSA) is 65.9 Å². The number of halogens is 1. The van der Waals surface area contributed by atoms with Crippen LogP contribution in [0, 0.1) is 12.3 Å². The number of methoxy groups -OCH3 is 1. The number of ether oxygens (including phenoxy) is 1. The molecule has 0 aromatic heterocycles. The van der Waals surface area contributed by atoms with E-state index in [0.29, 0.717) is 19.0 Å². The predicted octanol–water partition coefficient (Wildman–Crippen LogP) is 3.26. The van der Waals surface area contributed by atoms with Crippen LogP contribution in [0.25, 0.3) is 0 Å². The molecule has 0 aliphatic carbocycles. The van der Waals surface area contributed by atoms with E-state index in [0.717, 1.165) is 12.1 Å². The highest BCUT2D eigenvalue weighted by molar-refractivity contribution is 14.0. The molecule has 5 nitrogen and oxygen atoms in total. The summed E-state index contributed by atoms with van der Waals surface area (Å²) < 4.78 is 5.54. The minimum atomic E-state index is -0.574. The van der Waals surface area contributed by atoms with E-state index in [2.05, 4.69) is 36.4 Å². The van der Waals surface area contributed by atoms with Crippen LogP contribution in [0.1, 0.15) is 44.9 Å². The molecule has 0 radical (unpaired) electrons. The van der Waals surface area contributed by atoms with Gasteiger partial charge >= 0.3 is 0 Å². The number of rotatable bonds is 7. The molecule has 1 aromatic carbocycles. The molecule has 0 fully saturated rings. The molecule has 1 aromatic rings. The third-order valence-corrected chi connectivity index (χ3v) is 3.93. The second-order valence-corrected chi connectivity index (χ2v) is 7.12. The van der Waals surface area contributed by atoms with Crippen LogP contribution < -0.4 is 10.6 Å². The van der Waals surface area contributed by atoms with Crippen molar-refractivity contribution >= 4 is 29.9 Å². The molecule has 0 saturated carbocycles. The molecular formula is C19H34IN3O2. The van der Waals surface area contributed by atoms with Crippen LogP contribution in [0.2, 0.25) is 0 Å². The molecule has 0 heterocycles. The second-order valence-electron chi connectivity index (χ2n) is 7.12. The van der Waals surface area contributed by atoms with Gasteiger partial charge in [-0.15, -0.1) is 24.0 Å². The van der Waals surface area contributed by atoms with Crippen LogP contribution in [0.15, 0.2) is 29.3 Å². The zero-order valence-electron chi connectivity index (χ0n) is 16.3. The Kier molecular flexibility index (Phi) is 11.3. The van der Waals surface area contributed by atoms with Gasteiger partial charge in [-0.25, -0.2) is 0 Å². The summed E-state index contributed by atoms with van der Waals surface area (Å²) >= 11 is 0. The number of benzene rings is 1. The maximum Gasteiger partial charge on any atom is 0.191 e. The van der Waals surface area contributed by atoms with Crippen molar-refractivity contribution in [1.29, 1.82) is 0 Å². The molecule has 0 spiro atoms. The molecule has 0 bridgehead atoms. The second kappa shape index (κ2) is 11.7. The highest BCUT2D eigenvalue weighted by atomic mass is 127. The summed E-state index contributed by atoms with van der Waals surface area (Å²) in [6.45, 7) is 12.2. The first kappa shape index (κ1) is 24.1. The quantitative estimate of drug-likeness (QED) is 0.330. The Labute approximate surface area is 169 Å². The fourth-order valence-corrected chi connectivity index (χ4v) is 2.32. The van der Waals surface area contributed by atoms with Crippen molar-refractivity contribution in [2.45, 2.75) is 46.8 Å². The lowest BCUT2D eigenvalue weighted by Gasteiger charge is -2.28. The molecule has 2 atom stereocenters. The van der Waals surface area contributed by atoms with Crippen molar-refractivity contribution in [2.24, 2.45) is 10.4 Å². The number of hydrogen-bond donors (Lipinski definition) is 3. The van der Waals surface area contributed by atoms with Crippen LogP contribution in [0.3, 0.4) is 0 Å². The van der Waals surface area contributed by atoms with Crippen LogP contribution in [-0.2, 0) is 4.74 Å². The highest BCUT2D eigenvalue weighted by Gasteiger charge is 2.24. The summed E-state index contributed by atoms with van der Waals surface area (Å²) in [6, 6.07) is 7.91. The van der Waals surface area contributed by atoms with Gasteiger partial charge in [0.15, 0.2) is 5.96 Å². The molecule has 6 heteroatoms. The Bertz CT molecular complexity index is 512. The van der Waals surface area contributed by atoms with Crippen LogP contribution in [0.4, 0.5) is 0 Å². The van der Waals surface area contributed by atoms with E-state index in [-0.39, 0.29) is 35.5 Å². The Hall–Kier alpha value is -0.860. The minimum absolute atomic E-state index is 0. The van der Waals surface area contributed by atoms with E-state index in [4.69, 9.17) is 4.74 Å². The van der Waals surface area contributed by atoms with E-state index in [1.807, 2.05) is 38.1 Å². The molecule has 0 aliphatic rings. The number of hydrogen-bond acceptors (Lipinski definition) is 3. The van der Waals surface area contributed by atoms with Gasteiger partial charge in [-0.05, 0) is 24.8 Å². The number of nitrogens with one attached hydrogen (secondary N) is 2. The van der Waals surface area contributed by atoms with Gasteiger partial charge in [-0.3, -0.25) is 4.99 Å². The van der Waals surface area contributed by atoms with E-state index in [1.165, 1.54) is 5.56 Å². The van der Waals surface area contributed by atoms with Crippen molar-refractivity contribution in [3.05, 3.63) is 35.4 Å². The summed E-state index contributed by atoms with van der Waals surface area (Å²) in [6.07, 6.45) is -0.537. The SMILES string of the molecule is CCNC(=NCC(OC)C(C)(C)C)NCC(O)c1ccc(C)cc1.I. The lowest BCUT2D eigenvalue weighted by atomic mass is 9.89. The van der Waals surface area contributed by atoms with Crippen molar-refractivity contribution in [1.82, 2.24) is 10.6 Å². The van der Waals surface area contributed by atoms with Gasteiger partial charge in [0.2, 0.25) is 0 Å². The number of aliphatic hydroxyl groups is 1. The molecule has 0 aliphatic heterocycles. The van der Waals surface area contributed by atoms with E-state index < -0.39 is 6.10 Å². The first-order valence-corrected chi connectivity index (χ1v) is 8.57. The monoisotopic (exact) mass is 463 g/mol. The zero-order chi connectivity index (χ0) is 18.2. The molecule has 1 rings (SSSR count). The first-order chi connectivity index (χ1) is 11.3. The third-order valence-electron chi connectivity index (χ3n) is 3.93. The predicted molar refractivity (Wildman–Crippen MR) is 116 cm³/mol. The van der Waals surface area contributed by atoms with Gasteiger partial charge < -0.3 is 20.5 Å². The Morgan fingerprint density at radius 1 is 1.20 bits per heavy atom. The smallest absolute Gasteiger partial charge is 0.191 e. The number of aryl methyl sites for hydroxylation is 1. The maximum absolute atomic E-state index is 10.3. The lowest BCUT2D eigenvalue weighted by molar-refractivity contribution is 0.0241. The number of aliphatic imine (C=N–C) groups is 1. The summed E-state index contributed by atoms with van der Waals surface area (Å²) in [5, 5.41) is 16.7. The van der Waals surface area contributed by atoms with Gasteiger partial charge in [0.25, 0.3) is 0 Å². The van der Waals surface area contributed by atoms with Crippen LogP contribution in [0.5, 0.6) is 0 Å². The van der Waals surface area contributed by atoms with Gasteiger partial charge in [0.1, 0.15) is 0 Å². The standard InChI is InChI=1S/C19H33N3O2.HI/c1-7-20-18(22-13-17(24-6)19(3,4)5)21-12-16(23)15-10-8-14(2)9-11-15;/h8-11,16-17,23H,7,12-13H2,1-6H3,(H2,20,21,22);1H. The van der Waals surface area contributed by atoms with Crippen LogP contribution >= 0.6 is 24.0 Å². The maximum atomic E-state index is 10.3. The fraction of sp³-hybridized carbons (Fsp3) is 0.632. The van der Waals surface area contributed by atoms with E-state index in [9.17, 15) is 5.11 Å². The first-order valence-electron chi connectivity index (χ1n) is 8.57. The Morgan fingerprint density at radius 2 is 1.80 bits per heavy atom. The van der Waals surface area contributed by atoms with Gasteiger partial charge in [0, 0.05) is 20.2 Å². The number of aliphatic hydroxyl groups excluding tert-OH is 1. The largest absolute Gasteiger partial charge is 0.387 e. The van der Waals surface area contributed by atoms with E-state index in [1.54, 1.807) is 7.11 Å². The number of nitrogens with zero attached hydrogens (tertiary/aromatic N) is 1. The molecule has 3 N–H and O–H groups in total. The Balaban J connectivity index is 0.00000576. The zero-order valence-corrected chi connectivity index (χ0v) is 18.6. The molecule has 0 saturated heterocycles. The average molecular weight is 463 g/mol. The highest BCUT2D eigenvalue weighted by Crippen LogP contribution is 2.21. The third kappa shape index (κ3) is 8.87. The molecule has 25 heavy (non-hydrogen) atoms. The Morgan fingerprint density at radius 3 is 2.28 bits per heavy atom. The van der Waals surface area contributed by atoms with Crippen molar-refractivity contribution in [3.8, 4) is 0 Å². The summed E-state index contributed by atoms with van der Waals surface area (Å²) in [7, 11) is 1.72. The molecule has 144 valence electrons. The minimum Gasteiger partial charge on any atom is -0.387 e. The van der Waals surface area contributed by atoms with E-state index >= 15 is 0 Å². The summed E-state index contributed by atoms with van der Waals surface area (Å²) in [4.78, 5) is 4.59.